The first kappa shape index (κ1) is 19.0. The van der Waals surface area contributed by atoms with Gasteiger partial charge in [0.05, 0.1) is 28.8 Å². The molecule has 4 saturated heterocycles. The van der Waals surface area contributed by atoms with Gasteiger partial charge in [-0.2, -0.15) is 0 Å². The van der Waals surface area contributed by atoms with Crippen LogP contribution < -0.4 is 0 Å². The Hall–Kier alpha value is -1.75. The zero-order chi connectivity index (χ0) is 21.8. The van der Waals surface area contributed by atoms with Crippen LogP contribution in [0.5, 0.6) is 0 Å². The van der Waals surface area contributed by atoms with Crippen molar-refractivity contribution in [3.05, 3.63) is 0 Å². The van der Waals surface area contributed by atoms with E-state index < -0.39 is 94.3 Å². The fourth-order valence-corrected chi connectivity index (χ4v) is 8.28. The molecular formula is C20H24O10. The molecule has 6 aliphatic rings. The summed E-state index contributed by atoms with van der Waals surface area (Å²) in [6.07, 6.45) is -8.29. The molecule has 0 unspecified atom stereocenters. The molecule has 2 aliphatic carbocycles. The topological polar surface area (TPSA) is 149 Å². The summed E-state index contributed by atoms with van der Waals surface area (Å²) in [5.74, 6) is -4.90. The Balaban J connectivity index is 1.71. The number of fused-ring (bicyclic) bond motifs is 1. The number of ether oxygens (including phenoxy) is 4. The van der Waals surface area contributed by atoms with Gasteiger partial charge in [0, 0.05) is 5.92 Å². The maximum absolute atomic E-state index is 13.3. The maximum atomic E-state index is 13.3. The Morgan fingerprint density at radius 3 is 2.27 bits per heavy atom. The van der Waals surface area contributed by atoms with E-state index in [9.17, 15) is 29.7 Å². The maximum Gasteiger partial charge on any atom is 0.340 e. The molecule has 0 aromatic carbocycles. The molecular weight excluding hydrogens is 400 g/mol. The lowest BCUT2D eigenvalue weighted by molar-refractivity contribution is -0.208. The summed E-state index contributed by atoms with van der Waals surface area (Å²) >= 11 is 0. The Bertz CT molecular complexity index is 910. The van der Waals surface area contributed by atoms with E-state index in [0.717, 1.165) is 0 Å². The standard InChI is InChI=1S/C20H24O10/c1-5-6-8(27-13(5)24)10(22)19-12-7(21)9(17(2,3)4)18(19)11(23)14(25)29-16(18)30-20(6,19)15(26)28-12/h5-12,16,21-23H,1-4H3/t5-,6-,7+,8+,9-,10-,11+,12+,16-,18-,19+,20+/m0/s1. The third-order valence-electron chi connectivity index (χ3n) is 8.76. The van der Waals surface area contributed by atoms with Crippen molar-refractivity contribution in [3.8, 4) is 0 Å². The Morgan fingerprint density at radius 1 is 0.967 bits per heavy atom. The van der Waals surface area contributed by atoms with Crippen molar-refractivity contribution in [1.82, 2.24) is 0 Å². The molecule has 2 saturated carbocycles. The van der Waals surface area contributed by atoms with Gasteiger partial charge in [-0.25, -0.2) is 9.59 Å². The van der Waals surface area contributed by atoms with E-state index in [-0.39, 0.29) is 0 Å². The van der Waals surface area contributed by atoms with Crippen molar-refractivity contribution in [2.24, 2.45) is 34.0 Å². The number of hydrogen-bond acceptors (Lipinski definition) is 10. The van der Waals surface area contributed by atoms with E-state index in [2.05, 4.69) is 0 Å². The van der Waals surface area contributed by atoms with Crippen LogP contribution in [-0.2, 0) is 33.3 Å². The number of esters is 3. The minimum Gasteiger partial charge on any atom is -0.459 e. The van der Waals surface area contributed by atoms with E-state index in [1.807, 2.05) is 20.8 Å². The van der Waals surface area contributed by atoms with Crippen LogP contribution in [0.1, 0.15) is 27.7 Å². The van der Waals surface area contributed by atoms with Crippen molar-refractivity contribution >= 4 is 17.9 Å². The Kier molecular flexibility index (Phi) is 3.06. The van der Waals surface area contributed by atoms with E-state index in [0.29, 0.717) is 0 Å². The molecule has 2 spiro atoms. The summed E-state index contributed by atoms with van der Waals surface area (Å²) in [7, 11) is 0. The van der Waals surface area contributed by atoms with Gasteiger partial charge in [0.1, 0.15) is 18.3 Å². The van der Waals surface area contributed by atoms with Crippen LogP contribution in [-0.4, -0.2) is 75.6 Å². The summed E-state index contributed by atoms with van der Waals surface area (Å²) in [6.45, 7) is 7.05. The molecule has 10 nitrogen and oxygen atoms in total. The van der Waals surface area contributed by atoms with Gasteiger partial charge in [-0.05, 0) is 5.41 Å². The molecule has 0 radical (unpaired) electrons. The van der Waals surface area contributed by atoms with Crippen LogP contribution in [0.15, 0.2) is 0 Å². The van der Waals surface area contributed by atoms with Gasteiger partial charge in [0.25, 0.3) is 0 Å². The van der Waals surface area contributed by atoms with Gasteiger partial charge in [-0.1, -0.05) is 27.7 Å². The summed E-state index contributed by atoms with van der Waals surface area (Å²) in [6, 6.07) is 0. The molecule has 6 rings (SSSR count). The smallest absolute Gasteiger partial charge is 0.340 e. The van der Waals surface area contributed by atoms with E-state index in [1.165, 1.54) is 0 Å². The molecule has 6 fully saturated rings. The first-order valence-electron chi connectivity index (χ1n) is 10.2. The summed E-state index contributed by atoms with van der Waals surface area (Å²) in [5, 5.41) is 34.2. The van der Waals surface area contributed by atoms with Crippen LogP contribution in [0.4, 0.5) is 0 Å². The van der Waals surface area contributed by atoms with Crippen LogP contribution >= 0.6 is 0 Å². The van der Waals surface area contributed by atoms with Gasteiger partial charge >= 0.3 is 17.9 Å². The largest absolute Gasteiger partial charge is 0.459 e. The quantitative estimate of drug-likeness (QED) is 0.309. The van der Waals surface area contributed by atoms with Crippen molar-refractivity contribution < 1.29 is 48.7 Å². The minimum atomic E-state index is -1.89. The Labute approximate surface area is 171 Å². The lowest BCUT2D eigenvalue weighted by atomic mass is 9.51. The molecule has 0 aromatic heterocycles. The zero-order valence-electron chi connectivity index (χ0n) is 16.9. The second-order valence-corrected chi connectivity index (χ2v) is 10.6. The SMILES string of the molecule is C[C@@H]1C(=O)O[C@@H]2[C@H]1[C@@]13O[C@@H]4OC(=O)[C@@H](O)[C@@]45[C@H](C(C)(C)C)[C@@H](O)[C@@H](OC1=O)[C@]53[C@H]2O. The fraction of sp³-hybridized carbons (Fsp3) is 0.850. The number of aliphatic hydroxyl groups excluding tert-OH is 3. The molecule has 30 heavy (non-hydrogen) atoms. The van der Waals surface area contributed by atoms with E-state index in [1.54, 1.807) is 6.92 Å². The molecule has 10 heteroatoms. The first-order chi connectivity index (χ1) is 13.9. The minimum absolute atomic E-state index is 0.581. The number of aliphatic hydroxyl groups is 3. The van der Waals surface area contributed by atoms with Crippen LogP contribution in [0.25, 0.3) is 0 Å². The highest BCUT2D eigenvalue weighted by Gasteiger charge is 3.01. The lowest BCUT2D eigenvalue weighted by Crippen LogP contribution is -2.63. The van der Waals surface area contributed by atoms with Crippen LogP contribution in [0, 0.1) is 34.0 Å². The van der Waals surface area contributed by atoms with E-state index >= 15 is 0 Å². The third kappa shape index (κ3) is 1.40. The van der Waals surface area contributed by atoms with Gasteiger partial charge in [0.15, 0.2) is 11.7 Å². The fourth-order valence-electron chi connectivity index (χ4n) is 8.28. The lowest BCUT2D eigenvalue weighted by Gasteiger charge is -2.47. The van der Waals surface area contributed by atoms with E-state index in [4.69, 9.17) is 18.9 Å². The highest BCUT2D eigenvalue weighted by atomic mass is 16.7. The van der Waals surface area contributed by atoms with Crippen molar-refractivity contribution in [2.45, 2.75) is 70.1 Å². The zero-order valence-corrected chi connectivity index (χ0v) is 16.9. The monoisotopic (exact) mass is 424 g/mol. The highest BCUT2D eigenvalue weighted by molar-refractivity contribution is 5.92. The predicted molar refractivity (Wildman–Crippen MR) is 91.9 cm³/mol. The van der Waals surface area contributed by atoms with Gasteiger partial charge in [0.2, 0.25) is 6.29 Å². The van der Waals surface area contributed by atoms with Gasteiger partial charge in [-0.15, -0.1) is 0 Å². The molecule has 0 amide bonds. The summed E-state index contributed by atoms with van der Waals surface area (Å²) < 4.78 is 22.7. The predicted octanol–water partition coefficient (Wildman–Crippen LogP) is -1.51. The first-order valence-corrected chi connectivity index (χ1v) is 10.2. The molecule has 164 valence electrons. The van der Waals surface area contributed by atoms with Crippen LogP contribution in [0.3, 0.4) is 0 Å². The summed E-state index contributed by atoms with van der Waals surface area (Å²) in [5.41, 5.74) is -5.96. The van der Waals surface area contributed by atoms with Crippen molar-refractivity contribution in [2.75, 3.05) is 0 Å². The molecule has 3 N–H and O–H groups in total. The molecule has 4 heterocycles. The Morgan fingerprint density at radius 2 is 1.63 bits per heavy atom. The van der Waals surface area contributed by atoms with Crippen molar-refractivity contribution in [1.29, 1.82) is 0 Å². The highest BCUT2D eigenvalue weighted by Crippen LogP contribution is 2.83. The van der Waals surface area contributed by atoms with Gasteiger partial charge in [-0.3, -0.25) is 4.79 Å². The number of rotatable bonds is 0. The number of carbonyl (C=O) groups is 3. The molecule has 0 bridgehead atoms. The van der Waals surface area contributed by atoms with Gasteiger partial charge < -0.3 is 34.3 Å². The molecule has 12 atom stereocenters. The van der Waals surface area contributed by atoms with Crippen LogP contribution in [0.2, 0.25) is 0 Å². The van der Waals surface area contributed by atoms with Crippen molar-refractivity contribution in [3.63, 3.8) is 0 Å². The second-order valence-electron chi connectivity index (χ2n) is 10.6. The molecule has 4 aliphatic heterocycles. The normalized spacial score (nSPS) is 60.1. The summed E-state index contributed by atoms with van der Waals surface area (Å²) in [4.78, 5) is 38.2. The average Bonchev–Trinajstić information content (AvgIpc) is 3.34. The second kappa shape index (κ2) is 4.85. The molecule has 0 aromatic rings. The third-order valence-corrected chi connectivity index (χ3v) is 8.76. The number of hydrogen-bond donors (Lipinski definition) is 3. The number of carbonyl (C=O) groups excluding carboxylic acids is 3. The average molecular weight is 424 g/mol.